The molecule has 2 aromatic carbocycles. The first kappa shape index (κ1) is 17.9. The second-order valence-corrected chi connectivity index (χ2v) is 6.93. The third kappa shape index (κ3) is 3.27. The van der Waals surface area contributed by atoms with Crippen LogP contribution in [0.2, 0.25) is 0 Å². The summed E-state index contributed by atoms with van der Waals surface area (Å²) in [4.78, 5) is 30.0. The first-order valence-electron chi connectivity index (χ1n) is 8.41. The van der Waals surface area contributed by atoms with E-state index in [9.17, 15) is 9.59 Å². The van der Waals surface area contributed by atoms with Crippen LogP contribution in [0.25, 0.3) is 21.5 Å². The largest absolute Gasteiger partial charge is 0.465 e. The van der Waals surface area contributed by atoms with Crippen molar-refractivity contribution in [1.29, 1.82) is 0 Å². The summed E-state index contributed by atoms with van der Waals surface area (Å²) in [5.74, 6) is -0.496. The second kappa shape index (κ2) is 7.28. The molecule has 0 bridgehead atoms. The van der Waals surface area contributed by atoms with Crippen LogP contribution < -0.4 is 4.74 Å². The Morgan fingerprint density at radius 3 is 2.46 bits per heavy atom. The summed E-state index contributed by atoms with van der Waals surface area (Å²) >= 11 is 1.45. The van der Waals surface area contributed by atoms with Gasteiger partial charge in [-0.2, -0.15) is 0 Å². The van der Waals surface area contributed by atoms with E-state index in [-0.39, 0.29) is 17.0 Å². The maximum absolute atomic E-state index is 12.7. The number of thiophene rings is 1. The quantitative estimate of drug-likeness (QED) is 0.364. The highest BCUT2D eigenvalue weighted by atomic mass is 32.1. The predicted molar refractivity (Wildman–Crippen MR) is 105 cm³/mol. The van der Waals surface area contributed by atoms with Gasteiger partial charge >= 0.3 is 11.9 Å². The van der Waals surface area contributed by atoms with Crippen LogP contribution in [0.5, 0.6) is 5.75 Å². The molecule has 0 spiro atoms. The van der Waals surface area contributed by atoms with Crippen molar-refractivity contribution in [2.45, 2.75) is 6.92 Å². The number of rotatable bonds is 4. The average Bonchev–Trinajstić information content (AvgIpc) is 3.36. The maximum atomic E-state index is 12.7. The number of benzene rings is 2. The highest BCUT2D eigenvalue weighted by molar-refractivity contribution is 7.13. The standard InChI is InChI=1S/C21H15NO5S/c1-12-18(22-19(26-12)17-8-5-9-28-17)21(24)27-16-11-14-7-4-3-6-13(14)10-15(16)20(23)25-2/h3-11H,1-2H3. The van der Waals surface area contributed by atoms with Gasteiger partial charge in [0.05, 0.1) is 12.0 Å². The van der Waals surface area contributed by atoms with Crippen molar-refractivity contribution in [1.82, 2.24) is 4.98 Å². The fourth-order valence-electron chi connectivity index (χ4n) is 2.81. The summed E-state index contributed by atoms with van der Waals surface area (Å²) in [6.45, 7) is 1.64. The van der Waals surface area contributed by atoms with E-state index in [0.29, 0.717) is 11.7 Å². The summed E-state index contributed by atoms with van der Waals surface area (Å²) in [7, 11) is 1.28. The van der Waals surface area contributed by atoms with Gasteiger partial charge in [0.2, 0.25) is 5.89 Å². The van der Waals surface area contributed by atoms with Crippen molar-refractivity contribution in [3.05, 3.63) is 70.9 Å². The minimum absolute atomic E-state index is 0.0624. The fraction of sp³-hybridized carbons (Fsp3) is 0.0952. The summed E-state index contributed by atoms with van der Waals surface area (Å²) in [6.07, 6.45) is 0. The van der Waals surface area contributed by atoms with Gasteiger partial charge in [-0.05, 0) is 41.3 Å². The molecule has 0 unspecified atom stereocenters. The lowest BCUT2D eigenvalue weighted by Gasteiger charge is -2.10. The van der Waals surface area contributed by atoms with E-state index in [2.05, 4.69) is 4.98 Å². The van der Waals surface area contributed by atoms with Gasteiger partial charge in [-0.3, -0.25) is 0 Å². The molecule has 0 aliphatic rings. The van der Waals surface area contributed by atoms with Crippen molar-refractivity contribution in [2.24, 2.45) is 0 Å². The van der Waals surface area contributed by atoms with Gasteiger partial charge in [-0.1, -0.05) is 30.3 Å². The van der Waals surface area contributed by atoms with Crippen molar-refractivity contribution < 1.29 is 23.5 Å². The van der Waals surface area contributed by atoms with Gasteiger partial charge in [-0.25, -0.2) is 14.6 Å². The highest BCUT2D eigenvalue weighted by Crippen LogP contribution is 2.29. The minimum atomic E-state index is -0.704. The summed E-state index contributed by atoms with van der Waals surface area (Å²) in [5, 5.41) is 3.55. The van der Waals surface area contributed by atoms with Crippen molar-refractivity contribution in [2.75, 3.05) is 7.11 Å². The van der Waals surface area contributed by atoms with Crippen molar-refractivity contribution >= 4 is 34.0 Å². The number of carbonyl (C=O) groups is 2. The smallest absolute Gasteiger partial charge is 0.366 e. The molecule has 0 aliphatic heterocycles. The first-order valence-corrected chi connectivity index (χ1v) is 9.29. The van der Waals surface area contributed by atoms with Gasteiger partial charge in [-0.15, -0.1) is 11.3 Å². The van der Waals surface area contributed by atoms with Crippen LogP contribution in [0, 0.1) is 6.92 Å². The van der Waals surface area contributed by atoms with Crippen LogP contribution in [0.1, 0.15) is 26.6 Å². The minimum Gasteiger partial charge on any atom is -0.465 e. The molecule has 4 rings (SSSR count). The van der Waals surface area contributed by atoms with Crippen molar-refractivity contribution in [3.63, 3.8) is 0 Å². The van der Waals surface area contributed by atoms with Gasteiger partial charge in [0, 0.05) is 0 Å². The topological polar surface area (TPSA) is 78.6 Å². The Morgan fingerprint density at radius 2 is 1.79 bits per heavy atom. The Morgan fingerprint density at radius 1 is 1.04 bits per heavy atom. The monoisotopic (exact) mass is 393 g/mol. The van der Waals surface area contributed by atoms with E-state index in [4.69, 9.17) is 13.9 Å². The number of fused-ring (bicyclic) bond motifs is 1. The summed E-state index contributed by atoms with van der Waals surface area (Å²) in [6, 6.07) is 14.4. The molecule has 0 atom stereocenters. The number of ether oxygens (including phenoxy) is 2. The number of methoxy groups -OCH3 is 1. The highest BCUT2D eigenvalue weighted by Gasteiger charge is 2.23. The first-order chi connectivity index (χ1) is 13.6. The number of hydrogen-bond donors (Lipinski definition) is 0. The molecule has 0 saturated heterocycles. The van der Waals surface area contributed by atoms with E-state index >= 15 is 0 Å². The molecule has 0 radical (unpaired) electrons. The third-order valence-corrected chi connectivity index (χ3v) is 5.04. The molecule has 0 N–H and O–H groups in total. The zero-order valence-electron chi connectivity index (χ0n) is 15.1. The van der Waals surface area contributed by atoms with Crippen LogP contribution >= 0.6 is 11.3 Å². The molecule has 6 nitrogen and oxygen atoms in total. The molecule has 2 aromatic heterocycles. The summed E-state index contributed by atoms with van der Waals surface area (Å²) < 4.78 is 15.9. The van der Waals surface area contributed by atoms with Crippen LogP contribution in [0.15, 0.2) is 58.3 Å². The number of aromatic nitrogens is 1. The lowest BCUT2D eigenvalue weighted by molar-refractivity contribution is 0.0593. The SMILES string of the molecule is COC(=O)c1cc2ccccc2cc1OC(=O)c1nc(-c2cccs2)oc1C. The number of aryl methyl sites for hydroxylation is 1. The summed E-state index contributed by atoms with van der Waals surface area (Å²) in [5.41, 5.74) is 0.224. The number of nitrogens with zero attached hydrogens (tertiary/aromatic N) is 1. The Hall–Kier alpha value is -3.45. The fourth-order valence-corrected chi connectivity index (χ4v) is 3.46. The van der Waals surface area contributed by atoms with Crippen LogP contribution in [0.4, 0.5) is 0 Å². The Labute approximate surface area is 164 Å². The van der Waals surface area contributed by atoms with Gasteiger partial charge in [0.25, 0.3) is 0 Å². The molecule has 2 heterocycles. The Kier molecular flexibility index (Phi) is 4.67. The third-order valence-electron chi connectivity index (χ3n) is 4.18. The number of carbonyl (C=O) groups excluding carboxylic acids is 2. The van der Waals surface area contributed by atoms with Gasteiger partial charge in [0.15, 0.2) is 5.69 Å². The number of esters is 2. The molecule has 7 heteroatoms. The maximum Gasteiger partial charge on any atom is 0.366 e. The molecule has 0 saturated carbocycles. The normalized spacial score (nSPS) is 10.8. The van der Waals surface area contributed by atoms with E-state index < -0.39 is 11.9 Å². The van der Waals surface area contributed by atoms with Gasteiger partial charge < -0.3 is 13.9 Å². The zero-order valence-corrected chi connectivity index (χ0v) is 15.9. The lowest BCUT2D eigenvalue weighted by Crippen LogP contribution is -2.13. The molecule has 0 fully saturated rings. The van der Waals surface area contributed by atoms with Crippen LogP contribution in [-0.4, -0.2) is 24.0 Å². The molecular formula is C21H15NO5S. The molecular weight excluding hydrogens is 378 g/mol. The second-order valence-electron chi connectivity index (χ2n) is 5.98. The Bertz CT molecular complexity index is 1180. The van der Waals surface area contributed by atoms with E-state index in [1.54, 1.807) is 19.1 Å². The van der Waals surface area contributed by atoms with E-state index in [1.165, 1.54) is 18.4 Å². The molecule has 0 amide bonds. The molecule has 4 aromatic rings. The van der Waals surface area contributed by atoms with E-state index in [0.717, 1.165) is 15.6 Å². The number of hydrogen-bond acceptors (Lipinski definition) is 7. The molecule has 140 valence electrons. The molecule has 28 heavy (non-hydrogen) atoms. The van der Waals surface area contributed by atoms with E-state index in [1.807, 2.05) is 41.8 Å². The van der Waals surface area contributed by atoms with Crippen molar-refractivity contribution in [3.8, 4) is 16.5 Å². The van der Waals surface area contributed by atoms with Crippen LogP contribution in [0.3, 0.4) is 0 Å². The Balaban J connectivity index is 1.71. The number of oxazole rings is 1. The predicted octanol–water partition coefficient (Wildman–Crippen LogP) is 4.87. The van der Waals surface area contributed by atoms with Gasteiger partial charge in [0.1, 0.15) is 17.1 Å². The lowest BCUT2D eigenvalue weighted by atomic mass is 10.1. The molecule has 0 aliphatic carbocycles. The average molecular weight is 393 g/mol. The zero-order chi connectivity index (χ0) is 19.7. The van der Waals surface area contributed by atoms with Crippen LogP contribution in [-0.2, 0) is 4.74 Å².